The number of carbonyl (C=O) groups excluding carboxylic acids is 2. The van der Waals surface area contributed by atoms with E-state index in [1.807, 2.05) is 31.2 Å². The Labute approximate surface area is 151 Å². The zero-order valence-corrected chi connectivity index (χ0v) is 14.2. The van der Waals surface area contributed by atoms with E-state index < -0.39 is 5.91 Å². The maximum absolute atomic E-state index is 12.7. The molecule has 0 saturated carbocycles. The van der Waals surface area contributed by atoms with Gasteiger partial charge in [0.25, 0.3) is 11.8 Å². The summed E-state index contributed by atoms with van der Waals surface area (Å²) in [4.78, 5) is 25.1. The highest BCUT2D eigenvalue weighted by molar-refractivity contribution is 6.10. The molecule has 0 spiro atoms. The molecule has 26 heavy (non-hydrogen) atoms. The average molecular weight is 346 g/mol. The lowest BCUT2D eigenvalue weighted by Gasteiger charge is -2.11. The number of hydrogen-bond donors (Lipinski definition) is 2. The fraction of sp³-hybridized carbons (Fsp3) is 0.0476. The van der Waals surface area contributed by atoms with E-state index in [0.717, 1.165) is 5.56 Å². The quantitative estimate of drug-likeness (QED) is 0.686. The zero-order valence-electron chi connectivity index (χ0n) is 14.2. The zero-order chi connectivity index (χ0) is 18.4. The van der Waals surface area contributed by atoms with Crippen molar-refractivity contribution in [3.63, 3.8) is 0 Å². The first kappa shape index (κ1) is 17.2. The van der Waals surface area contributed by atoms with Gasteiger partial charge in [-0.15, -0.1) is 0 Å². The number of anilines is 1. The van der Waals surface area contributed by atoms with Crippen molar-refractivity contribution in [3.8, 4) is 0 Å². The third-order valence-electron chi connectivity index (χ3n) is 3.63. The summed E-state index contributed by atoms with van der Waals surface area (Å²) in [7, 11) is 0. The van der Waals surface area contributed by atoms with E-state index in [-0.39, 0.29) is 11.6 Å². The van der Waals surface area contributed by atoms with Gasteiger partial charge in [0.15, 0.2) is 0 Å². The van der Waals surface area contributed by atoms with Crippen LogP contribution in [-0.2, 0) is 4.79 Å². The van der Waals surface area contributed by atoms with Gasteiger partial charge in [-0.3, -0.25) is 9.59 Å². The summed E-state index contributed by atoms with van der Waals surface area (Å²) >= 11 is 0. The van der Waals surface area contributed by atoms with Gasteiger partial charge >= 0.3 is 0 Å². The first-order chi connectivity index (χ1) is 12.6. The predicted molar refractivity (Wildman–Crippen MR) is 100 cm³/mol. The minimum Gasteiger partial charge on any atom is -0.465 e. The molecule has 2 amide bonds. The van der Waals surface area contributed by atoms with E-state index >= 15 is 0 Å². The summed E-state index contributed by atoms with van der Waals surface area (Å²) in [5.74, 6) is -0.341. The SMILES string of the molecule is Cc1cccc(NC(=O)/C(=C\c2ccco2)NC(=O)c2ccccc2)c1. The lowest BCUT2D eigenvalue weighted by atomic mass is 10.2. The average Bonchev–Trinajstić information content (AvgIpc) is 3.15. The Kier molecular flexibility index (Phi) is 5.29. The molecule has 0 aliphatic carbocycles. The monoisotopic (exact) mass is 346 g/mol. The van der Waals surface area contributed by atoms with Crippen molar-refractivity contribution in [1.29, 1.82) is 0 Å². The minimum atomic E-state index is -0.434. The van der Waals surface area contributed by atoms with Crippen molar-refractivity contribution >= 4 is 23.6 Å². The molecule has 0 saturated heterocycles. The number of hydrogen-bond acceptors (Lipinski definition) is 3. The molecule has 0 unspecified atom stereocenters. The van der Waals surface area contributed by atoms with E-state index in [1.165, 1.54) is 12.3 Å². The van der Waals surface area contributed by atoms with Gasteiger partial charge in [0.2, 0.25) is 0 Å². The molecule has 3 aromatic rings. The van der Waals surface area contributed by atoms with E-state index in [4.69, 9.17) is 4.42 Å². The number of benzene rings is 2. The van der Waals surface area contributed by atoms with Gasteiger partial charge in [-0.25, -0.2) is 0 Å². The molecule has 0 radical (unpaired) electrons. The summed E-state index contributed by atoms with van der Waals surface area (Å²) < 4.78 is 5.26. The van der Waals surface area contributed by atoms with Crippen LogP contribution < -0.4 is 10.6 Å². The fourth-order valence-corrected chi connectivity index (χ4v) is 2.38. The minimum absolute atomic E-state index is 0.0929. The van der Waals surface area contributed by atoms with Gasteiger partial charge in [-0.1, -0.05) is 30.3 Å². The number of furan rings is 1. The van der Waals surface area contributed by atoms with Crippen LogP contribution in [0.5, 0.6) is 0 Å². The van der Waals surface area contributed by atoms with E-state index in [2.05, 4.69) is 10.6 Å². The molecule has 0 bridgehead atoms. The van der Waals surface area contributed by atoms with Crippen LogP contribution in [0.4, 0.5) is 5.69 Å². The molecule has 0 aliphatic rings. The first-order valence-corrected chi connectivity index (χ1v) is 8.11. The Morgan fingerprint density at radius 3 is 2.46 bits per heavy atom. The highest BCUT2D eigenvalue weighted by Crippen LogP contribution is 2.13. The molecule has 2 aromatic carbocycles. The molecular weight excluding hydrogens is 328 g/mol. The summed E-state index contributed by atoms with van der Waals surface area (Å²) in [5, 5.41) is 5.44. The third-order valence-corrected chi connectivity index (χ3v) is 3.63. The van der Waals surface area contributed by atoms with Crippen LogP contribution in [0.1, 0.15) is 21.7 Å². The smallest absolute Gasteiger partial charge is 0.272 e. The van der Waals surface area contributed by atoms with Gasteiger partial charge in [0.05, 0.1) is 6.26 Å². The Morgan fingerprint density at radius 2 is 1.77 bits per heavy atom. The van der Waals surface area contributed by atoms with Crippen molar-refractivity contribution in [2.24, 2.45) is 0 Å². The molecule has 5 nitrogen and oxygen atoms in total. The maximum Gasteiger partial charge on any atom is 0.272 e. The van der Waals surface area contributed by atoms with Crippen LogP contribution in [0.25, 0.3) is 6.08 Å². The summed E-state index contributed by atoms with van der Waals surface area (Å²) in [5.41, 5.74) is 2.22. The highest BCUT2D eigenvalue weighted by atomic mass is 16.3. The Morgan fingerprint density at radius 1 is 0.962 bits per heavy atom. The predicted octanol–water partition coefficient (Wildman–Crippen LogP) is 4.00. The van der Waals surface area contributed by atoms with Crippen LogP contribution >= 0.6 is 0 Å². The molecule has 0 fully saturated rings. The second-order valence-electron chi connectivity index (χ2n) is 5.72. The Hall–Kier alpha value is -3.60. The van der Waals surface area contributed by atoms with Gasteiger partial charge in [-0.2, -0.15) is 0 Å². The number of rotatable bonds is 5. The Balaban J connectivity index is 1.83. The van der Waals surface area contributed by atoms with Crippen LogP contribution in [0, 0.1) is 6.92 Å². The summed E-state index contributed by atoms with van der Waals surface area (Å²) in [6.45, 7) is 1.94. The molecule has 1 aromatic heterocycles. The Bertz CT molecular complexity index is 929. The lowest BCUT2D eigenvalue weighted by Crippen LogP contribution is -2.30. The number of carbonyl (C=O) groups is 2. The van der Waals surface area contributed by atoms with Crippen molar-refractivity contribution in [2.75, 3.05) is 5.32 Å². The van der Waals surface area contributed by atoms with Gasteiger partial charge in [0.1, 0.15) is 11.5 Å². The maximum atomic E-state index is 12.7. The van der Waals surface area contributed by atoms with Gasteiger partial charge < -0.3 is 15.1 Å². The van der Waals surface area contributed by atoms with Crippen molar-refractivity contribution in [1.82, 2.24) is 5.32 Å². The second-order valence-corrected chi connectivity index (χ2v) is 5.72. The van der Waals surface area contributed by atoms with Crippen molar-refractivity contribution in [3.05, 3.63) is 95.6 Å². The highest BCUT2D eigenvalue weighted by Gasteiger charge is 2.15. The standard InChI is InChI=1S/C21H18N2O3/c1-15-7-5-10-17(13-15)22-21(25)19(14-18-11-6-12-26-18)23-20(24)16-8-3-2-4-9-16/h2-14H,1H3,(H,22,25)(H,23,24)/b19-14+. The summed E-state index contributed by atoms with van der Waals surface area (Å²) in [6.07, 6.45) is 2.99. The van der Waals surface area contributed by atoms with Crippen LogP contribution in [0.2, 0.25) is 0 Å². The van der Waals surface area contributed by atoms with Crippen molar-refractivity contribution in [2.45, 2.75) is 6.92 Å². The number of nitrogens with one attached hydrogen (secondary N) is 2. The van der Waals surface area contributed by atoms with Crippen LogP contribution in [0.15, 0.2) is 83.1 Å². The fourth-order valence-electron chi connectivity index (χ4n) is 2.38. The van der Waals surface area contributed by atoms with E-state index in [9.17, 15) is 9.59 Å². The molecule has 3 rings (SSSR count). The molecule has 5 heteroatoms. The number of aryl methyl sites for hydroxylation is 1. The molecule has 0 atom stereocenters. The van der Waals surface area contributed by atoms with Gasteiger partial charge in [-0.05, 0) is 48.9 Å². The molecule has 1 heterocycles. The van der Waals surface area contributed by atoms with Gasteiger partial charge in [0, 0.05) is 17.3 Å². The first-order valence-electron chi connectivity index (χ1n) is 8.11. The van der Waals surface area contributed by atoms with E-state index in [0.29, 0.717) is 17.0 Å². The summed E-state index contributed by atoms with van der Waals surface area (Å²) in [6, 6.07) is 19.5. The second kappa shape index (κ2) is 7.98. The molecule has 0 aliphatic heterocycles. The molecular formula is C21H18N2O3. The molecule has 2 N–H and O–H groups in total. The molecule has 130 valence electrons. The largest absolute Gasteiger partial charge is 0.465 e. The topological polar surface area (TPSA) is 71.3 Å². The normalized spacial score (nSPS) is 11.0. The lowest BCUT2D eigenvalue weighted by molar-refractivity contribution is -0.113. The number of amides is 2. The third kappa shape index (κ3) is 4.48. The van der Waals surface area contributed by atoms with Crippen LogP contribution in [0.3, 0.4) is 0 Å². The van der Waals surface area contributed by atoms with Crippen LogP contribution in [-0.4, -0.2) is 11.8 Å². The van der Waals surface area contributed by atoms with Crippen molar-refractivity contribution < 1.29 is 14.0 Å². The van der Waals surface area contributed by atoms with E-state index in [1.54, 1.807) is 42.5 Å².